The summed E-state index contributed by atoms with van der Waals surface area (Å²) < 4.78 is 45.7. The Bertz CT molecular complexity index is 2160. The van der Waals surface area contributed by atoms with E-state index in [9.17, 15) is 0 Å². The monoisotopic (exact) mass is 734 g/mol. The van der Waals surface area contributed by atoms with Crippen molar-refractivity contribution in [1.82, 2.24) is 19.7 Å². The van der Waals surface area contributed by atoms with Gasteiger partial charge in [-0.25, -0.2) is 8.78 Å². The minimum absolute atomic E-state index is 0.303. The second-order valence-corrected chi connectivity index (χ2v) is 14.1. The molecule has 8 rings (SSSR count). The third kappa shape index (κ3) is 7.52. The highest BCUT2D eigenvalue weighted by atomic mass is 35.5. The van der Waals surface area contributed by atoms with Crippen molar-refractivity contribution in [1.29, 1.82) is 0 Å². The Morgan fingerprint density at radius 1 is 0.736 bits per heavy atom. The summed E-state index contributed by atoms with van der Waals surface area (Å²) in [4.78, 5) is 10.9. The smallest absolute Gasteiger partial charge is 0.280 e. The minimum atomic E-state index is -2.84. The third-order valence-electron chi connectivity index (χ3n) is 10.2. The Kier molecular flexibility index (Phi) is 9.90. The Hall–Kier alpha value is -5.19. The summed E-state index contributed by atoms with van der Waals surface area (Å²) in [5.41, 5.74) is 6.34. The quantitative estimate of drug-likeness (QED) is 0.140. The van der Waals surface area contributed by atoms with Gasteiger partial charge in [0.05, 0.1) is 29.4 Å². The number of fused-ring (bicyclic) bond motifs is 1. The number of pyridine rings is 1. The molecular weight excluding hydrogens is 694 g/mol. The van der Waals surface area contributed by atoms with Crippen molar-refractivity contribution in [2.45, 2.75) is 31.6 Å². The molecule has 2 aliphatic rings. The van der Waals surface area contributed by atoms with E-state index in [-0.39, 0.29) is 6.54 Å². The van der Waals surface area contributed by atoms with E-state index in [0.29, 0.717) is 69.1 Å². The average molecular weight is 735 g/mol. The van der Waals surface area contributed by atoms with E-state index < -0.39 is 12.0 Å². The number of anilines is 2. The maximum absolute atomic E-state index is 15.7. The standard InChI is InChI=1S/C42H41ClF2N6O2/c1-48-40-34(39(47-48)35-19-20-38(52-27-30-9-4-2-5-10-30)46-41(35)53-28-31-11-6-3-7-12-31)13-8-14-36(40)49-23-25-50(26-24-49)37-21-22-51(29-42(37,44)45)33-17-15-32(43)16-18-33/h2-20,37H,21-29H2,1H3. The second-order valence-electron chi connectivity index (χ2n) is 13.7. The maximum Gasteiger partial charge on any atom is 0.280 e. The molecule has 4 heterocycles. The Balaban J connectivity index is 1.01. The second kappa shape index (κ2) is 15.0. The molecule has 2 aliphatic heterocycles. The van der Waals surface area contributed by atoms with E-state index in [4.69, 9.17) is 31.2 Å². The first-order valence-electron chi connectivity index (χ1n) is 18.0. The topological polar surface area (TPSA) is 58.9 Å². The molecule has 0 bridgehead atoms. The Morgan fingerprint density at radius 3 is 2.09 bits per heavy atom. The summed E-state index contributed by atoms with van der Waals surface area (Å²) in [6.45, 7) is 3.36. The van der Waals surface area contributed by atoms with Gasteiger partial charge in [0, 0.05) is 61.9 Å². The molecule has 0 spiro atoms. The molecule has 1 unspecified atom stereocenters. The van der Waals surface area contributed by atoms with Gasteiger partial charge in [-0.2, -0.15) is 10.1 Å². The number of para-hydroxylation sites is 1. The number of ether oxygens (including phenoxy) is 2. The van der Waals surface area contributed by atoms with E-state index in [1.165, 1.54) is 0 Å². The molecular formula is C42H41ClF2N6O2. The molecule has 2 fully saturated rings. The molecule has 2 saturated heterocycles. The normalized spacial score (nSPS) is 17.6. The molecule has 8 nitrogen and oxygen atoms in total. The van der Waals surface area contributed by atoms with Crippen molar-refractivity contribution in [3.63, 3.8) is 0 Å². The van der Waals surface area contributed by atoms with Crippen LogP contribution in [-0.4, -0.2) is 70.9 Å². The zero-order chi connectivity index (χ0) is 36.4. The third-order valence-corrected chi connectivity index (χ3v) is 10.5. The first kappa shape index (κ1) is 34.9. The summed E-state index contributed by atoms with van der Waals surface area (Å²) in [6, 6.07) is 36.3. The first-order chi connectivity index (χ1) is 25.8. The highest BCUT2D eigenvalue weighted by molar-refractivity contribution is 6.30. The molecule has 53 heavy (non-hydrogen) atoms. The highest BCUT2D eigenvalue weighted by Crippen LogP contribution is 2.39. The number of aromatic nitrogens is 3. The number of halogens is 3. The summed E-state index contributed by atoms with van der Waals surface area (Å²) in [5.74, 6) is -1.95. The predicted molar refractivity (Wildman–Crippen MR) is 206 cm³/mol. The van der Waals surface area contributed by atoms with Crippen LogP contribution >= 0.6 is 11.6 Å². The van der Waals surface area contributed by atoms with Gasteiger partial charge >= 0.3 is 0 Å². The largest absolute Gasteiger partial charge is 0.473 e. The van der Waals surface area contributed by atoms with Gasteiger partial charge in [-0.3, -0.25) is 9.58 Å². The van der Waals surface area contributed by atoms with Crippen LogP contribution in [0.3, 0.4) is 0 Å². The van der Waals surface area contributed by atoms with Crippen LogP contribution in [-0.2, 0) is 20.3 Å². The number of aryl methyl sites for hydroxylation is 1. The van der Waals surface area contributed by atoms with Crippen molar-refractivity contribution in [3.05, 3.63) is 131 Å². The number of alkyl halides is 2. The van der Waals surface area contributed by atoms with Crippen LogP contribution in [0, 0.1) is 0 Å². The molecule has 1 atom stereocenters. The molecule has 0 radical (unpaired) electrons. The zero-order valence-corrected chi connectivity index (χ0v) is 30.3. The van der Waals surface area contributed by atoms with E-state index in [0.717, 1.165) is 44.7 Å². The molecule has 4 aromatic carbocycles. The van der Waals surface area contributed by atoms with Gasteiger partial charge in [-0.15, -0.1) is 0 Å². The summed E-state index contributed by atoms with van der Waals surface area (Å²) in [5, 5.41) is 6.56. The molecule has 2 aromatic heterocycles. The lowest BCUT2D eigenvalue weighted by Gasteiger charge is -2.47. The average Bonchev–Trinajstić information content (AvgIpc) is 3.53. The van der Waals surface area contributed by atoms with Crippen LogP contribution in [0.1, 0.15) is 17.5 Å². The fourth-order valence-electron chi connectivity index (χ4n) is 7.55. The van der Waals surface area contributed by atoms with Crippen LogP contribution in [0.25, 0.3) is 22.2 Å². The van der Waals surface area contributed by atoms with Crippen molar-refractivity contribution < 1.29 is 18.3 Å². The zero-order valence-electron chi connectivity index (χ0n) is 29.5. The Labute approximate surface area is 313 Å². The number of benzene rings is 4. The lowest BCUT2D eigenvalue weighted by atomic mass is 9.97. The van der Waals surface area contributed by atoms with Crippen molar-refractivity contribution in [3.8, 4) is 23.0 Å². The lowest BCUT2D eigenvalue weighted by molar-refractivity contribution is -0.0891. The van der Waals surface area contributed by atoms with E-state index >= 15 is 8.78 Å². The van der Waals surface area contributed by atoms with Crippen LogP contribution in [0.4, 0.5) is 20.2 Å². The summed E-state index contributed by atoms with van der Waals surface area (Å²) in [7, 11) is 1.94. The lowest BCUT2D eigenvalue weighted by Crippen LogP contribution is -2.62. The van der Waals surface area contributed by atoms with Crippen molar-refractivity contribution in [2.24, 2.45) is 7.05 Å². The van der Waals surface area contributed by atoms with Gasteiger partial charge in [-0.05, 0) is 53.9 Å². The summed E-state index contributed by atoms with van der Waals surface area (Å²) in [6.07, 6.45) is 0.398. The van der Waals surface area contributed by atoms with Gasteiger partial charge in [0.15, 0.2) is 0 Å². The fourth-order valence-corrected chi connectivity index (χ4v) is 7.67. The van der Waals surface area contributed by atoms with Gasteiger partial charge in [0.25, 0.3) is 5.92 Å². The SMILES string of the molecule is Cn1nc(-c2ccc(OCc3ccccc3)nc2OCc2ccccc2)c2cccc(N3CCN(C4CCN(c5ccc(Cl)cc5)CC4(F)F)CC3)c21. The van der Waals surface area contributed by atoms with E-state index in [1.807, 2.05) is 108 Å². The first-order valence-corrected chi connectivity index (χ1v) is 18.4. The molecule has 6 aromatic rings. The predicted octanol–water partition coefficient (Wildman–Crippen LogP) is 8.48. The number of nitrogens with zero attached hydrogens (tertiary/aromatic N) is 6. The van der Waals surface area contributed by atoms with E-state index in [2.05, 4.69) is 17.0 Å². The van der Waals surface area contributed by atoms with E-state index in [1.54, 1.807) is 17.0 Å². The summed E-state index contributed by atoms with van der Waals surface area (Å²) >= 11 is 6.03. The maximum atomic E-state index is 15.7. The van der Waals surface area contributed by atoms with Crippen LogP contribution < -0.4 is 19.3 Å². The molecule has 0 N–H and O–H groups in total. The molecule has 0 amide bonds. The number of piperidine rings is 1. The Morgan fingerprint density at radius 2 is 1.42 bits per heavy atom. The number of piperazine rings is 1. The molecule has 0 saturated carbocycles. The van der Waals surface area contributed by atoms with Gasteiger partial charge in [0.1, 0.15) is 18.9 Å². The van der Waals surface area contributed by atoms with Gasteiger partial charge in [0.2, 0.25) is 11.8 Å². The molecule has 11 heteroatoms. The van der Waals surface area contributed by atoms with Gasteiger partial charge in [-0.1, -0.05) is 84.4 Å². The van der Waals surface area contributed by atoms with Crippen molar-refractivity contribution >= 4 is 33.9 Å². The number of hydrogen-bond acceptors (Lipinski definition) is 7. The molecule has 272 valence electrons. The van der Waals surface area contributed by atoms with Crippen LogP contribution in [0.5, 0.6) is 11.8 Å². The van der Waals surface area contributed by atoms with Gasteiger partial charge < -0.3 is 19.3 Å². The van der Waals surface area contributed by atoms with Crippen molar-refractivity contribution in [2.75, 3.05) is 49.1 Å². The molecule has 0 aliphatic carbocycles. The van der Waals surface area contributed by atoms with Crippen LogP contribution in [0.2, 0.25) is 5.02 Å². The fraction of sp³-hybridized carbons (Fsp3) is 0.286. The number of rotatable bonds is 10. The minimum Gasteiger partial charge on any atom is -0.473 e. The van der Waals surface area contributed by atoms with Crippen LogP contribution in [0.15, 0.2) is 115 Å². The number of hydrogen-bond donors (Lipinski definition) is 0. The highest BCUT2D eigenvalue weighted by Gasteiger charge is 2.48.